The van der Waals surface area contributed by atoms with E-state index in [1.807, 2.05) is 11.9 Å². The molecule has 122 valence electrons. The van der Waals surface area contributed by atoms with E-state index in [0.29, 0.717) is 12.6 Å². The van der Waals surface area contributed by atoms with E-state index in [1.54, 1.807) is 0 Å². The van der Waals surface area contributed by atoms with Crippen LogP contribution in [0.15, 0.2) is 0 Å². The molecule has 0 atom stereocenters. The van der Waals surface area contributed by atoms with Crippen molar-refractivity contribution in [2.24, 2.45) is 0 Å². The Kier molecular flexibility index (Phi) is 14.1. The molecule has 2 N–H and O–H groups in total. The molecule has 1 aliphatic heterocycles. The minimum absolute atomic E-state index is 0. The first-order chi connectivity index (χ1) is 8.59. The van der Waals surface area contributed by atoms with Crippen molar-refractivity contribution in [1.29, 1.82) is 0 Å². The van der Waals surface area contributed by atoms with Crippen LogP contribution in [-0.4, -0.2) is 74.6 Å². The van der Waals surface area contributed by atoms with Crippen LogP contribution in [0.25, 0.3) is 0 Å². The van der Waals surface area contributed by atoms with Gasteiger partial charge in [-0.25, -0.2) is 0 Å². The van der Waals surface area contributed by atoms with Crippen LogP contribution in [-0.2, 0) is 4.79 Å². The number of piperazine rings is 1. The number of nitrogens with zero attached hydrogens (tertiary/aromatic N) is 2. The van der Waals surface area contributed by atoms with Crippen LogP contribution >= 0.6 is 24.8 Å². The Morgan fingerprint density at radius 3 is 2.45 bits per heavy atom. The van der Waals surface area contributed by atoms with E-state index in [2.05, 4.69) is 29.4 Å². The molecule has 0 spiro atoms. The zero-order chi connectivity index (χ0) is 13.4. The molecule has 5 nitrogen and oxygen atoms in total. The lowest BCUT2D eigenvalue weighted by atomic mass is 10.3. The van der Waals surface area contributed by atoms with Crippen LogP contribution in [0.5, 0.6) is 0 Å². The highest BCUT2D eigenvalue weighted by molar-refractivity contribution is 5.85. The molecule has 1 amide bonds. The van der Waals surface area contributed by atoms with Gasteiger partial charge in [0.25, 0.3) is 0 Å². The van der Waals surface area contributed by atoms with Crippen LogP contribution in [0.1, 0.15) is 20.3 Å². The van der Waals surface area contributed by atoms with Crippen molar-refractivity contribution in [2.45, 2.75) is 26.3 Å². The normalized spacial score (nSPS) is 15.7. The van der Waals surface area contributed by atoms with Gasteiger partial charge in [0.15, 0.2) is 0 Å². The molecule has 1 aliphatic rings. The molecular formula is C13H30Cl2N4O. The lowest BCUT2D eigenvalue weighted by Gasteiger charge is -2.27. The summed E-state index contributed by atoms with van der Waals surface area (Å²) < 4.78 is 0. The van der Waals surface area contributed by atoms with Gasteiger partial charge < -0.3 is 15.5 Å². The third-order valence-corrected chi connectivity index (χ3v) is 3.46. The highest BCUT2D eigenvalue weighted by Gasteiger charge is 2.10. The zero-order valence-corrected chi connectivity index (χ0v) is 14.5. The summed E-state index contributed by atoms with van der Waals surface area (Å²) >= 11 is 0. The third kappa shape index (κ3) is 9.77. The average molecular weight is 329 g/mol. The first-order valence-corrected chi connectivity index (χ1v) is 6.99. The SMILES string of the molecule is CC(C)N(C)CC(=O)NCCCN1CCNCC1.Cl.Cl. The highest BCUT2D eigenvalue weighted by Crippen LogP contribution is 1.94. The van der Waals surface area contributed by atoms with E-state index < -0.39 is 0 Å². The first-order valence-electron chi connectivity index (χ1n) is 6.99. The molecule has 7 heteroatoms. The predicted molar refractivity (Wildman–Crippen MR) is 89.2 cm³/mol. The molecule has 0 saturated carbocycles. The second-order valence-electron chi connectivity index (χ2n) is 5.30. The fraction of sp³-hybridized carbons (Fsp3) is 0.923. The molecule has 1 heterocycles. The van der Waals surface area contributed by atoms with Gasteiger partial charge in [-0.05, 0) is 33.9 Å². The van der Waals surface area contributed by atoms with Gasteiger partial charge in [-0.2, -0.15) is 0 Å². The fourth-order valence-corrected chi connectivity index (χ4v) is 1.93. The second kappa shape index (κ2) is 12.7. The van der Waals surface area contributed by atoms with Gasteiger partial charge in [0.05, 0.1) is 6.54 Å². The van der Waals surface area contributed by atoms with Crippen molar-refractivity contribution < 1.29 is 4.79 Å². The van der Waals surface area contributed by atoms with Gasteiger partial charge in [0.1, 0.15) is 0 Å². The Labute approximate surface area is 135 Å². The lowest BCUT2D eigenvalue weighted by Crippen LogP contribution is -2.44. The van der Waals surface area contributed by atoms with Gasteiger partial charge in [-0.15, -0.1) is 24.8 Å². The number of rotatable bonds is 7. The standard InChI is InChI=1S/C13H28N4O.2ClH/c1-12(2)16(3)11-13(18)15-5-4-8-17-9-6-14-7-10-17;;/h12,14H,4-11H2,1-3H3,(H,15,18);2*1H. The number of halogens is 2. The van der Waals surface area contributed by atoms with Gasteiger partial charge in [0, 0.05) is 38.8 Å². The maximum absolute atomic E-state index is 11.6. The van der Waals surface area contributed by atoms with Crippen LogP contribution in [0.4, 0.5) is 0 Å². The number of nitrogens with one attached hydrogen (secondary N) is 2. The van der Waals surface area contributed by atoms with Gasteiger partial charge in [0.2, 0.25) is 5.91 Å². The molecule has 0 aromatic rings. The highest BCUT2D eigenvalue weighted by atomic mass is 35.5. The predicted octanol–water partition coefficient (Wildman–Crippen LogP) is 0.582. The minimum atomic E-state index is 0. The van der Waals surface area contributed by atoms with Crippen LogP contribution in [0.3, 0.4) is 0 Å². The zero-order valence-electron chi connectivity index (χ0n) is 12.9. The van der Waals surface area contributed by atoms with Crippen molar-refractivity contribution >= 4 is 30.7 Å². The van der Waals surface area contributed by atoms with Crippen LogP contribution in [0, 0.1) is 0 Å². The fourth-order valence-electron chi connectivity index (χ4n) is 1.93. The monoisotopic (exact) mass is 328 g/mol. The third-order valence-electron chi connectivity index (χ3n) is 3.46. The Hall–Kier alpha value is -0.0700. The van der Waals surface area contributed by atoms with Crippen LogP contribution < -0.4 is 10.6 Å². The molecular weight excluding hydrogens is 299 g/mol. The average Bonchev–Trinajstić information content (AvgIpc) is 2.35. The summed E-state index contributed by atoms with van der Waals surface area (Å²) in [6.45, 7) is 11.0. The van der Waals surface area contributed by atoms with Crippen LogP contribution in [0.2, 0.25) is 0 Å². The first kappa shape index (κ1) is 22.2. The molecule has 1 rings (SSSR count). The maximum atomic E-state index is 11.6. The molecule has 0 aliphatic carbocycles. The summed E-state index contributed by atoms with van der Waals surface area (Å²) in [5, 5.41) is 6.32. The Balaban J connectivity index is 0. The number of carbonyl (C=O) groups is 1. The number of hydrogen-bond acceptors (Lipinski definition) is 4. The molecule has 0 aromatic carbocycles. The van der Waals surface area contributed by atoms with Crippen molar-refractivity contribution in [3.63, 3.8) is 0 Å². The summed E-state index contributed by atoms with van der Waals surface area (Å²) in [6.07, 6.45) is 1.04. The molecule has 1 saturated heterocycles. The maximum Gasteiger partial charge on any atom is 0.234 e. The summed E-state index contributed by atoms with van der Waals surface area (Å²) in [4.78, 5) is 16.1. The molecule has 1 fully saturated rings. The van der Waals surface area contributed by atoms with E-state index in [9.17, 15) is 4.79 Å². The topological polar surface area (TPSA) is 47.6 Å². The van der Waals surface area contributed by atoms with E-state index >= 15 is 0 Å². The minimum Gasteiger partial charge on any atom is -0.355 e. The smallest absolute Gasteiger partial charge is 0.234 e. The summed E-state index contributed by atoms with van der Waals surface area (Å²) in [7, 11) is 1.98. The number of likely N-dealkylation sites (N-methyl/N-ethyl adjacent to an activating group) is 1. The quantitative estimate of drug-likeness (QED) is 0.671. The number of amides is 1. The Morgan fingerprint density at radius 1 is 1.30 bits per heavy atom. The van der Waals surface area contributed by atoms with Gasteiger partial charge in [-0.1, -0.05) is 0 Å². The largest absolute Gasteiger partial charge is 0.355 e. The molecule has 20 heavy (non-hydrogen) atoms. The molecule has 0 unspecified atom stereocenters. The summed E-state index contributed by atoms with van der Waals surface area (Å²) in [6, 6.07) is 0.414. The summed E-state index contributed by atoms with van der Waals surface area (Å²) in [5.74, 6) is 0.131. The number of carbonyl (C=O) groups excluding carboxylic acids is 1. The van der Waals surface area contributed by atoms with E-state index in [-0.39, 0.29) is 30.7 Å². The molecule has 0 radical (unpaired) electrons. The second-order valence-corrected chi connectivity index (χ2v) is 5.30. The van der Waals surface area contributed by atoms with E-state index in [0.717, 1.165) is 45.7 Å². The Morgan fingerprint density at radius 2 is 1.90 bits per heavy atom. The van der Waals surface area contributed by atoms with Gasteiger partial charge in [-0.3, -0.25) is 9.69 Å². The molecule has 0 bridgehead atoms. The van der Waals surface area contributed by atoms with E-state index in [1.165, 1.54) is 0 Å². The van der Waals surface area contributed by atoms with Crippen molar-refractivity contribution in [2.75, 3.05) is 52.9 Å². The number of hydrogen-bond donors (Lipinski definition) is 2. The van der Waals surface area contributed by atoms with Crippen molar-refractivity contribution in [3.05, 3.63) is 0 Å². The lowest BCUT2D eigenvalue weighted by molar-refractivity contribution is -0.122. The van der Waals surface area contributed by atoms with Crippen molar-refractivity contribution in [1.82, 2.24) is 20.4 Å². The summed E-state index contributed by atoms with van der Waals surface area (Å²) in [5.41, 5.74) is 0. The Bertz CT molecular complexity index is 249. The van der Waals surface area contributed by atoms with Gasteiger partial charge >= 0.3 is 0 Å². The molecule has 0 aromatic heterocycles. The van der Waals surface area contributed by atoms with E-state index in [4.69, 9.17) is 0 Å². The van der Waals surface area contributed by atoms with Crippen molar-refractivity contribution in [3.8, 4) is 0 Å².